The summed E-state index contributed by atoms with van der Waals surface area (Å²) in [5.41, 5.74) is 6.50. The molecule has 0 bridgehead atoms. The van der Waals surface area contributed by atoms with Gasteiger partial charge in [0.2, 0.25) is 5.91 Å². The Balaban J connectivity index is 0.00000320. The van der Waals surface area contributed by atoms with E-state index in [1.807, 2.05) is 6.20 Å². The summed E-state index contributed by atoms with van der Waals surface area (Å²) >= 11 is 0. The second-order valence-electron chi connectivity index (χ2n) is 8.01. The molecule has 0 aromatic carbocycles. The van der Waals surface area contributed by atoms with Crippen LogP contribution in [0.4, 0.5) is 5.82 Å². The first-order chi connectivity index (χ1) is 14.1. The first-order valence-electron chi connectivity index (χ1n) is 10.8. The number of nitrogens with zero attached hydrogens (tertiary/aromatic N) is 4. The van der Waals surface area contributed by atoms with Gasteiger partial charge in [0.15, 0.2) is 5.96 Å². The topological polar surface area (TPSA) is 98.9 Å². The highest BCUT2D eigenvalue weighted by Crippen LogP contribution is 2.18. The smallest absolute Gasteiger partial charge is 0.231 e. The molecule has 3 rings (SSSR count). The fourth-order valence-electron chi connectivity index (χ4n) is 4.07. The monoisotopic (exact) mass is 529 g/mol. The van der Waals surface area contributed by atoms with Crippen LogP contribution in [-0.2, 0) is 11.3 Å². The highest BCUT2D eigenvalue weighted by molar-refractivity contribution is 14.0. The molecule has 2 saturated heterocycles. The van der Waals surface area contributed by atoms with E-state index in [-0.39, 0.29) is 29.9 Å². The van der Waals surface area contributed by atoms with Gasteiger partial charge in [0, 0.05) is 52.0 Å². The van der Waals surface area contributed by atoms with E-state index in [0.29, 0.717) is 19.1 Å². The number of carbonyl (C=O) groups excluding carboxylic acids is 1. The van der Waals surface area contributed by atoms with Crippen LogP contribution in [0.2, 0.25) is 0 Å². The number of nitrogens with two attached hydrogens (primary N) is 1. The molecule has 168 valence electrons. The van der Waals surface area contributed by atoms with E-state index in [0.717, 1.165) is 50.8 Å². The number of guanidine groups is 1. The van der Waals surface area contributed by atoms with Crippen LogP contribution < -0.4 is 21.3 Å². The Kier molecular flexibility index (Phi) is 10.6. The van der Waals surface area contributed by atoms with E-state index in [1.165, 1.54) is 31.2 Å². The number of aliphatic imine (C=N–C) groups is 1. The van der Waals surface area contributed by atoms with Crippen LogP contribution in [-0.4, -0.2) is 67.6 Å². The van der Waals surface area contributed by atoms with Gasteiger partial charge in [-0.05, 0) is 43.4 Å². The maximum absolute atomic E-state index is 11.1. The molecule has 9 heteroatoms. The Morgan fingerprint density at radius 3 is 2.53 bits per heavy atom. The summed E-state index contributed by atoms with van der Waals surface area (Å²) < 4.78 is 0. The Morgan fingerprint density at radius 1 is 1.20 bits per heavy atom. The molecule has 1 aromatic heterocycles. The Hall–Kier alpha value is -1.62. The van der Waals surface area contributed by atoms with Gasteiger partial charge in [-0.2, -0.15) is 0 Å². The number of primary amides is 1. The Morgan fingerprint density at radius 2 is 1.90 bits per heavy atom. The summed E-state index contributed by atoms with van der Waals surface area (Å²) in [7, 11) is 1.80. The number of halogens is 1. The molecule has 3 heterocycles. The van der Waals surface area contributed by atoms with Crippen molar-refractivity contribution in [3.05, 3.63) is 23.9 Å². The lowest BCUT2D eigenvalue weighted by molar-refractivity contribution is -0.119. The average Bonchev–Trinajstić information content (AvgIpc) is 3.02. The zero-order valence-corrected chi connectivity index (χ0v) is 20.3. The highest BCUT2D eigenvalue weighted by Gasteiger charge is 2.20. The molecule has 2 aliphatic heterocycles. The third-order valence-corrected chi connectivity index (χ3v) is 5.73. The maximum Gasteiger partial charge on any atom is 0.231 e. The predicted molar refractivity (Wildman–Crippen MR) is 132 cm³/mol. The fraction of sp³-hybridized carbons (Fsp3) is 0.667. The number of likely N-dealkylation sites (tertiary alicyclic amines) is 1. The second kappa shape index (κ2) is 12.9. The lowest BCUT2D eigenvalue weighted by atomic mass is 10.1. The molecule has 30 heavy (non-hydrogen) atoms. The SMILES string of the molecule is CN=C(NCc1ccnc(N2CCCCCC2)c1)NC1CCN(CC(N)=O)CC1.I. The van der Waals surface area contributed by atoms with Gasteiger partial charge in [-0.3, -0.25) is 14.7 Å². The molecule has 2 fully saturated rings. The number of hydrogen-bond acceptors (Lipinski definition) is 5. The number of pyridine rings is 1. The molecule has 4 N–H and O–H groups in total. The number of rotatable bonds is 6. The first kappa shape index (κ1) is 24.6. The van der Waals surface area contributed by atoms with Crippen molar-refractivity contribution in [3.8, 4) is 0 Å². The largest absolute Gasteiger partial charge is 0.369 e. The van der Waals surface area contributed by atoms with E-state index < -0.39 is 0 Å². The molecular weight excluding hydrogens is 493 g/mol. The number of hydrogen-bond donors (Lipinski definition) is 3. The molecule has 2 aliphatic rings. The van der Waals surface area contributed by atoms with Gasteiger partial charge < -0.3 is 21.3 Å². The van der Waals surface area contributed by atoms with Gasteiger partial charge in [-0.15, -0.1) is 24.0 Å². The van der Waals surface area contributed by atoms with Gasteiger partial charge >= 0.3 is 0 Å². The predicted octanol–water partition coefficient (Wildman–Crippen LogP) is 1.69. The molecule has 1 aromatic rings. The molecule has 0 atom stereocenters. The number of anilines is 1. The van der Waals surface area contributed by atoms with Gasteiger partial charge in [-0.25, -0.2) is 4.98 Å². The fourth-order valence-corrected chi connectivity index (χ4v) is 4.07. The number of amides is 1. The van der Waals surface area contributed by atoms with Crippen molar-refractivity contribution in [3.63, 3.8) is 0 Å². The van der Waals surface area contributed by atoms with Gasteiger partial charge in [0.1, 0.15) is 5.82 Å². The molecular formula is C21H36IN7O. The molecule has 0 spiro atoms. The standard InChI is InChI=1S/C21H35N7O.HI/c1-23-21(26-18-7-12-27(13-8-18)16-19(22)29)25-15-17-6-9-24-20(14-17)28-10-4-2-3-5-11-28;/h6,9,14,18H,2-5,7-8,10-13,15-16H2,1H3,(H2,22,29)(H2,23,25,26);1H. The zero-order chi connectivity index (χ0) is 20.5. The van der Waals surface area contributed by atoms with Crippen molar-refractivity contribution in [2.45, 2.75) is 51.1 Å². The first-order valence-corrected chi connectivity index (χ1v) is 10.8. The van der Waals surface area contributed by atoms with Gasteiger partial charge in [0.05, 0.1) is 6.54 Å². The maximum atomic E-state index is 11.1. The summed E-state index contributed by atoms with van der Waals surface area (Å²) in [4.78, 5) is 24.5. The van der Waals surface area contributed by atoms with Crippen LogP contribution in [0, 0.1) is 0 Å². The van der Waals surface area contributed by atoms with Crippen LogP contribution in [0.5, 0.6) is 0 Å². The Labute approximate surface area is 197 Å². The van der Waals surface area contributed by atoms with E-state index in [4.69, 9.17) is 5.73 Å². The van der Waals surface area contributed by atoms with Crippen molar-refractivity contribution >= 4 is 41.7 Å². The quantitative estimate of drug-likeness (QED) is 0.295. The lowest BCUT2D eigenvalue weighted by Gasteiger charge is -2.32. The van der Waals surface area contributed by atoms with Crippen molar-refractivity contribution in [2.24, 2.45) is 10.7 Å². The van der Waals surface area contributed by atoms with E-state index in [1.54, 1.807) is 7.05 Å². The number of carbonyl (C=O) groups is 1. The van der Waals surface area contributed by atoms with Crippen LogP contribution in [0.25, 0.3) is 0 Å². The van der Waals surface area contributed by atoms with Crippen molar-refractivity contribution in [1.82, 2.24) is 20.5 Å². The third-order valence-electron chi connectivity index (χ3n) is 5.73. The molecule has 0 saturated carbocycles. The summed E-state index contributed by atoms with van der Waals surface area (Å²) in [5, 5.41) is 6.93. The van der Waals surface area contributed by atoms with E-state index in [9.17, 15) is 4.79 Å². The van der Waals surface area contributed by atoms with Crippen LogP contribution in [0.3, 0.4) is 0 Å². The molecule has 0 aliphatic carbocycles. The minimum atomic E-state index is -0.259. The van der Waals surface area contributed by atoms with E-state index >= 15 is 0 Å². The van der Waals surface area contributed by atoms with Gasteiger partial charge in [0.25, 0.3) is 0 Å². The second-order valence-corrected chi connectivity index (χ2v) is 8.01. The summed E-state index contributed by atoms with van der Waals surface area (Å²) in [5.74, 6) is 1.63. The minimum absolute atomic E-state index is 0. The molecule has 1 amide bonds. The van der Waals surface area contributed by atoms with Crippen LogP contribution in [0.1, 0.15) is 44.1 Å². The third kappa shape index (κ3) is 7.90. The lowest BCUT2D eigenvalue weighted by Crippen LogP contribution is -2.49. The summed E-state index contributed by atoms with van der Waals surface area (Å²) in [6, 6.07) is 4.60. The summed E-state index contributed by atoms with van der Waals surface area (Å²) in [6.45, 7) is 5.01. The van der Waals surface area contributed by atoms with Gasteiger partial charge in [-0.1, -0.05) is 12.8 Å². The number of aromatic nitrogens is 1. The average molecular weight is 529 g/mol. The normalized spacial score (nSPS) is 19.0. The van der Waals surface area contributed by atoms with Crippen LogP contribution in [0.15, 0.2) is 23.3 Å². The molecule has 0 unspecified atom stereocenters. The zero-order valence-electron chi connectivity index (χ0n) is 18.0. The van der Waals surface area contributed by atoms with Crippen molar-refractivity contribution in [2.75, 3.05) is 44.7 Å². The number of piperidine rings is 1. The van der Waals surface area contributed by atoms with Crippen molar-refractivity contribution < 1.29 is 4.79 Å². The van der Waals surface area contributed by atoms with Crippen molar-refractivity contribution in [1.29, 1.82) is 0 Å². The summed E-state index contributed by atoms with van der Waals surface area (Å²) in [6.07, 6.45) is 8.99. The van der Waals surface area contributed by atoms with E-state index in [2.05, 4.69) is 42.5 Å². The molecule has 0 radical (unpaired) electrons. The molecule has 8 nitrogen and oxygen atoms in total. The van der Waals surface area contributed by atoms with Crippen LogP contribution >= 0.6 is 24.0 Å². The Bertz CT molecular complexity index is 684. The minimum Gasteiger partial charge on any atom is -0.369 e. The number of nitrogens with one attached hydrogen (secondary N) is 2. The highest BCUT2D eigenvalue weighted by atomic mass is 127.